The molecule has 12 aromatic rings. The average Bonchev–Trinajstić information content (AvgIpc) is 3.95. The van der Waals surface area contributed by atoms with Crippen molar-refractivity contribution in [3.05, 3.63) is 215 Å². The molecule has 310 valence electrons. The number of benzene rings is 12. The van der Waals surface area contributed by atoms with E-state index in [4.69, 9.17) is 4.74 Å². The van der Waals surface area contributed by atoms with E-state index in [0.29, 0.717) is 0 Å². The highest BCUT2D eigenvalue weighted by atomic mass is 79.9. The molecule has 0 aromatic heterocycles. The highest BCUT2D eigenvalue weighted by Gasteiger charge is 2.16. The second kappa shape index (κ2) is 18.0. The van der Waals surface area contributed by atoms with Crippen LogP contribution in [0.15, 0.2) is 215 Å². The van der Waals surface area contributed by atoms with E-state index in [1.54, 1.807) is 0 Å². The molecule has 1 aliphatic heterocycles. The van der Waals surface area contributed by atoms with Crippen LogP contribution in [-0.2, 0) is 4.74 Å². The summed E-state index contributed by atoms with van der Waals surface area (Å²) in [6.45, 7) is 2.00. The summed E-state index contributed by atoms with van der Waals surface area (Å²) < 4.78 is 7.20. The fourth-order valence-electron chi connectivity index (χ4n) is 9.74. The Hall–Kier alpha value is -6.36. The van der Waals surface area contributed by atoms with E-state index in [0.717, 1.165) is 22.2 Å². The third-order valence-corrected chi connectivity index (χ3v) is 13.8. The lowest BCUT2D eigenvalue weighted by Crippen LogP contribution is -1.89. The molecule has 0 atom stereocenters. The summed E-state index contributed by atoms with van der Waals surface area (Å²) in [4.78, 5) is 0. The van der Waals surface area contributed by atoms with Crippen molar-refractivity contribution in [3.63, 3.8) is 0 Å². The summed E-state index contributed by atoms with van der Waals surface area (Å²) in [5.74, 6) is 0. The first kappa shape index (κ1) is 41.6. The van der Waals surface area contributed by atoms with E-state index in [2.05, 4.69) is 238 Å². The van der Waals surface area contributed by atoms with E-state index in [1.165, 1.54) is 121 Å². The lowest BCUT2D eigenvalue weighted by atomic mass is 9.86. The zero-order chi connectivity index (χ0) is 42.3. The van der Waals surface area contributed by atoms with Gasteiger partial charge in [-0.2, -0.15) is 0 Å². The Morgan fingerprint density at radius 2 is 0.719 bits per heavy atom. The minimum atomic E-state index is 0. The van der Waals surface area contributed by atoms with Gasteiger partial charge in [0, 0.05) is 22.2 Å². The molecule has 1 nitrogen and oxygen atoms in total. The number of fused-ring (bicyclic) bond motifs is 16. The molecule has 0 aliphatic carbocycles. The van der Waals surface area contributed by atoms with Gasteiger partial charge in [-0.15, -0.1) is 0 Å². The number of hydrogen-bond acceptors (Lipinski definition) is 1. The van der Waals surface area contributed by atoms with Gasteiger partial charge in [-0.25, -0.2) is 0 Å². The molecule has 0 unspecified atom stereocenters. The van der Waals surface area contributed by atoms with E-state index >= 15 is 0 Å². The largest absolute Gasteiger partial charge is 0.381 e. The molecule has 0 bridgehead atoms. The molecule has 3 heteroatoms. The van der Waals surface area contributed by atoms with Crippen molar-refractivity contribution in [1.82, 2.24) is 0 Å². The molecular formula is C61H46Br2O. The van der Waals surface area contributed by atoms with Crippen LogP contribution >= 0.6 is 31.9 Å². The van der Waals surface area contributed by atoms with Gasteiger partial charge in [0.25, 0.3) is 0 Å². The Labute approximate surface area is 391 Å². The van der Waals surface area contributed by atoms with Gasteiger partial charge in [0.1, 0.15) is 0 Å². The van der Waals surface area contributed by atoms with Crippen LogP contribution in [-0.4, -0.2) is 13.2 Å². The summed E-state index contributed by atoms with van der Waals surface area (Å²) >= 11 is 7.41. The molecule has 0 spiro atoms. The minimum absolute atomic E-state index is 0. The number of hydrogen-bond donors (Lipinski definition) is 0. The first-order valence-corrected chi connectivity index (χ1v) is 23.3. The first-order valence-electron chi connectivity index (χ1n) is 21.7. The highest BCUT2D eigenvalue weighted by Crippen LogP contribution is 2.45. The van der Waals surface area contributed by atoms with Crippen molar-refractivity contribution in [2.75, 3.05) is 13.2 Å². The summed E-state index contributed by atoms with van der Waals surface area (Å²) in [6, 6.07) is 74.6. The summed E-state index contributed by atoms with van der Waals surface area (Å²) in [6.07, 6.45) is 2.56. The van der Waals surface area contributed by atoms with Gasteiger partial charge in [-0.1, -0.05) is 215 Å². The van der Waals surface area contributed by atoms with Gasteiger partial charge in [-0.3, -0.25) is 0 Å². The summed E-state index contributed by atoms with van der Waals surface area (Å²) in [5.41, 5.74) is 5.04. The fraction of sp³-hybridized carbons (Fsp3) is 0.0820. The maximum absolute atomic E-state index is 4.94. The SMILES string of the molecule is Brc1ccc2c(c1)c1ccccc1c1cc(Br)c3ccccc3c21.C.C1CCOC1.c1ccc(-c2ccc3c(c2)c2ccccc2c2cc(-c4ccccc4)c4ccccc4c32)cc1. The smallest absolute Gasteiger partial charge is 0.0466 e. The molecule has 1 fully saturated rings. The average molecular weight is 955 g/mol. The van der Waals surface area contributed by atoms with Crippen molar-refractivity contribution in [2.24, 2.45) is 0 Å². The molecule has 64 heavy (non-hydrogen) atoms. The Morgan fingerprint density at radius 3 is 1.28 bits per heavy atom. The van der Waals surface area contributed by atoms with Gasteiger partial charge in [-0.05, 0) is 152 Å². The van der Waals surface area contributed by atoms with Crippen molar-refractivity contribution < 1.29 is 4.74 Å². The maximum atomic E-state index is 4.94. The normalized spacial score (nSPS) is 12.4. The first-order chi connectivity index (χ1) is 31.1. The zero-order valence-electron chi connectivity index (χ0n) is 34.6. The third kappa shape index (κ3) is 7.52. The van der Waals surface area contributed by atoms with Crippen molar-refractivity contribution in [2.45, 2.75) is 20.3 Å². The molecule has 1 heterocycles. The van der Waals surface area contributed by atoms with Crippen LogP contribution in [0.25, 0.3) is 108 Å². The molecule has 0 N–H and O–H groups in total. The van der Waals surface area contributed by atoms with Crippen LogP contribution in [0, 0.1) is 0 Å². The molecule has 1 aliphatic rings. The molecule has 0 saturated carbocycles. The number of rotatable bonds is 2. The fourth-order valence-corrected chi connectivity index (χ4v) is 10.7. The number of ether oxygens (including phenoxy) is 1. The van der Waals surface area contributed by atoms with E-state index in [9.17, 15) is 0 Å². The molecule has 0 radical (unpaired) electrons. The maximum Gasteiger partial charge on any atom is 0.0466 e. The Balaban J connectivity index is 0.000000141. The quantitative estimate of drug-likeness (QED) is 0.157. The van der Waals surface area contributed by atoms with Crippen LogP contribution in [0.4, 0.5) is 0 Å². The molecular weight excluding hydrogens is 908 g/mol. The lowest BCUT2D eigenvalue weighted by Gasteiger charge is -2.17. The topological polar surface area (TPSA) is 9.23 Å². The van der Waals surface area contributed by atoms with Gasteiger partial charge in [0.05, 0.1) is 0 Å². The van der Waals surface area contributed by atoms with Crippen molar-refractivity contribution >= 4 is 118 Å². The van der Waals surface area contributed by atoms with Gasteiger partial charge >= 0.3 is 0 Å². The monoisotopic (exact) mass is 952 g/mol. The summed E-state index contributed by atoms with van der Waals surface area (Å²) in [7, 11) is 0. The van der Waals surface area contributed by atoms with Gasteiger partial charge in [0.15, 0.2) is 0 Å². The van der Waals surface area contributed by atoms with Crippen LogP contribution in [0.3, 0.4) is 0 Å². The Morgan fingerprint density at radius 1 is 0.297 bits per heavy atom. The minimum Gasteiger partial charge on any atom is -0.381 e. The highest BCUT2D eigenvalue weighted by molar-refractivity contribution is 9.11. The molecule has 13 rings (SSSR count). The Bertz CT molecular complexity index is 3660. The Kier molecular flexibility index (Phi) is 11.7. The predicted molar refractivity (Wildman–Crippen MR) is 286 cm³/mol. The third-order valence-electron chi connectivity index (χ3n) is 12.6. The van der Waals surface area contributed by atoms with E-state index in [1.807, 2.05) is 0 Å². The standard InChI is InChI=1S/C34H22.C22H12Br2.C4H8O.CH4/c1-3-11-23(12-4-1)25-19-20-30-32(21-25)26-15-7-8-16-27(26)33-22-31(24-13-5-2-6-14-24)28-17-9-10-18-29(28)34(30)33;23-13-9-10-18-19(11-13)14-5-1-2-6-15(14)20-12-21(24)16-7-3-4-8-17(16)22(18)20;1-2-4-5-3-1;/h1-22H;1-12H;1-4H2;1H4. The van der Waals surface area contributed by atoms with E-state index in [-0.39, 0.29) is 7.43 Å². The molecule has 12 aromatic carbocycles. The lowest BCUT2D eigenvalue weighted by molar-refractivity contribution is 0.198. The second-order valence-electron chi connectivity index (χ2n) is 16.3. The molecule has 1 saturated heterocycles. The van der Waals surface area contributed by atoms with Crippen LogP contribution in [0.1, 0.15) is 20.3 Å². The second-order valence-corrected chi connectivity index (χ2v) is 18.1. The predicted octanol–water partition coefficient (Wildman–Crippen LogP) is 18.9. The summed E-state index contributed by atoms with van der Waals surface area (Å²) in [5, 5.41) is 20.8. The van der Waals surface area contributed by atoms with Crippen molar-refractivity contribution in [3.8, 4) is 22.3 Å². The molecule has 0 amide bonds. The van der Waals surface area contributed by atoms with Gasteiger partial charge in [0.2, 0.25) is 0 Å². The van der Waals surface area contributed by atoms with Crippen LogP contribution in [0.5, 0.6) is 0 Å². The van der Waals surface area contributed by atoms with Crippen LogP contribution < -0.4 is 0 Å². The van der Waals surface area contributed by atoms with Crippen LogP contribution in [0.2, 0.25) is 0 Å². The van der Waals surface area contributed by atoms with Crippen molar-refractivity contribution in [1.29, 1.82) is 0 Å². The van der Waals surface area contributed by atoms with E-state index < -0.39 is 0 Å². The van der Waals surface area contributed by atoms with Gasteiger partial charge < -0.3 is 4.74 Å². The zero-order valence-corrected chi connectivity index (χ0v) is 37.8. The number of halogens is 2.